The molecule has 1 heterocycles. The van der Waals surface area contributed by atoms with Gasteiger partial charge in [-0.1, -0.05) is 54.6 Å². The maximum absolute atomic E-state index is 9.93. The van der Waals surface area contributed by atoms with Gasteiger partial charge in [0.2, 0.25) is 0 Å². The third-order valence-corrected chi connectivity index (χ3v) is 4.52. The Kier molecular flexibility index (Phi) is 3.00. The summed E-state index contributed by atoms with van der Waals surface area (Å²) >= 11 is 0. The van der Waals surface area contributed by atoms with Gasteiger partial charge in [0.1, 0.15) is 0 Å². The lowest BCUT2D eigenvalue weighted by Crippen LogP contribution is -1.96. The second kappa shape index (κ2) is 5.02. The van der Waals surface area contributed by atoms with Gasteiger partial charge in [0.25, 0.3) is 0 Å². The van der Waals surface area contributed by atoms with Crippen LogP contribution < -0.4 is 0 Å². The highest BCUT2D eigenvalue weighted by molar-refractivity contribution is 5.57. The predicted molar refractivity (Wildman–Crippen MR) is 86.1 cm³/mol. The van der Waals surface area contributed by atoms with Gasteiger partial charge in [-0.15, -0.1) is 0 Å². The van der Waals surface area contributed by atoms with Crippen LogP contribution in [0.5, 0.6) is 0 Å². The number of aryl methyl sites for hydroxylation is 1. The molecule has 0 radical (unpaired) electrons. The zero-order valence-electron chi connectivity index (χ0n) is 12.5. The molecule has 0 spiro atoms. The first-order valence-corrected chi connectivity index (χ1v) is 7.63. The van der Waals surface area contributed by atoms with E-state index in [1.54, 1.807) is 6.20 Å². The van der Waals surface area contributed by atoms with Crippen LogP contribution in [0.2, 0.25) is 0 Å². The van der Waals surface area contributed by atoms with E-state index in [9.17, 15) is 5.21 Å². The Labute approximate surface area is 129 Å². The lowest BCUT2D eigenvalue weighted by Gasteiger charge is -2.05. The van der Waals surface area contributed by atoms with Crippen molar-refractivity contribution in [2.45, 2.75) is 25.2 Å². The minimum absolute atomic E-state index is 0.597. The summed E-state index contributed by atoms with van der Waals surface area (Å²) in [5, 5.41) is 9.93. The summed E-state index contributed by atoms with van der Waals surface area (Å²) in [4.78, 5) is 4.25. The molecule has 2 aromatic carbocycles. The number of rotatable bonds is 3. The smallest absolute Gasteiger partial charge is 0.175 e. The van der Waals surface area contributed by atoms with Crippen molar-refractivity contribution in [3.63, 3.8) is 0 Å². The number of imidazole rings is 1. The van der Waals surface area contributed by atoms with Gasteiger partial charge in [0.05, 0.1) is 11.9 Å². The highest BCUT2D eigenvalue weighted by Crippen LogP contribution is 2.54. The van der Waals surface area contributed by atoms with Gasteiger partial charge < -0.3 is 5.21 Å². The molecular weight excluding hydrogens is 272 g/mol. The zero-order chi connectivity index (χ0) is 15.1. The molecule has 1 fully saturated rings. The molecule has 1 aliphatic carbocycles. The maximum Gasteiger partial charge on any atom is 0.175 e. The first-order chi connectivity index (χ1) is 10.7. The molecule has 2 unspecified atom stereocenters. The average molecular weight is 290 g/mol. The second-order valence-electron chi connectivity index (χ2n) is 6.02. The highest BCUT2D eigenvalue weighted by Gasteiger charge is 2.39. The lowest BCUT2D eigenvalue weighted by molar-refractivity contribution is 0.184. The molecule has 22 heavy (non-hydrogen) atoms. The van der Waals surface area contributed by atoms with Crippen molar-refractivity contribution in [3.8, 4) is 11.4 Å². The van der Waals surface area contributed by atoms with E-state index in [2.05, 4.69) is 47.4 Å². The Balaban J connectivity index is 1.55. The Morgan fingerprint density at radius 3 is 2.18 bits per heavy atom. The molecule has 3 aromatic rings. The minimum Gasteiger partial charge on any atom is -0.427 e. The van der Waals surface area contributed by atoms with Crippen LogP contribution >= 0.6 is 0 Å². The van der Waals surface area contributed by atoms with Gasteiger partial charge in [0.15, 0.2) is 5.82 Å². The molecule has 0 amide bonds. The first-order valence-electron chi connectivity index (χ1n) is 7.63. The van der Waals surface area contributed by atoms with Gasteiger partial charge in [-0.05, 0) is 36.3 Å². The van der Waals surface area contributed by atoms with Crippen molar-refractivity contribution in [2.24, 2.45) is 0 Å². The number of benzene rings is 2. The van der Waals surface area contributed by atoms with Crippen LogP contribution in [0.1, 0.15) is 35.1 Å². The fraction of sp³-hybridized carbons (Fsp3) is 0.211. The van der Waals surface area contributed by atoms with Crippen molar-refractivity contribution in [2.75, 3.05) is 0 Å². The van der Waals surface area contributed by atoms with Crippen molar-refractivity contribution >= 4 is 0 Å². The maximum atomic E-state index is 9.93. The van der Waals surface area contributed by atoms with E-state index < -0.39 is 0 Å². The molecule has 1 saturated carbocycles. The summed E-state index contributed by atoms with van der Waals surface area (Å²) in [5.74, 6) is 1.86. The van der Waals surface area contributed by atoms with Crippen LogP contribution in [0.3, 0.4) is 0 Å². The number of aromatic nitrogens is 2. The molecule has 1 aliphatic rings. The summed E-state index contributed by atoms with van der Waals surface area (Å²) < 4.78 is 1.14. The Bertz CT molecular complexity index is 790. The summed E-state index contributed by atoms with van der Waals surface area (Å²) in [5.41, 5.74) is 4.48. The molecule has 3 nitrogen and oxygen atoms in total. The van der Waals surface area contributed by atoms with Gasteiger partial charge >= 0.3 is 0 Å². The molecule has 3 heteroatoms. The molecule has 2 atom stereocenters. The zero-order valence-corrected chi connectivity index (χ0v) is 12.5. The number of hydrogen-bond donors (Lipinski definition) is 1. The molecule has 4 rings (SSSR count). The van der Waals surface area contributed by atoms with Crippen molar-refractivity contribution < 1.29 is 5.21 Å². The van der Waals surface area contributed by atoms with E-state index >= 15 is 0 Å². The standard InChI is InChI=1S/C19H18N2O/c1-13-12-20-19(21(13)22)16-9-7-15(8-10-16)18-11-17(18)14-5-3-2-4-6-14/h2-10,12,17-18,22H,11H2,1H3. The molecule has 0 saturated heterocycles. The largest absolute Gasteiger partial charge is 0.427 e. The number of nitrogens with zero attached hydrogens (tertiary/aromatic N) is 2. The lowest BCUT2D eigenvalue weighted by atomic mass is 10.0. The normalized spacial score (nSPS) is 20.0. The van der Waals surface area contributed by atoms with Crippen LogP contribution in [0, 0.1) is 6.92 Å². The summed E-state index contributed by atoms with van der Waals surface area (Å²) in [6.07, 6.45) is 2.90. The Hall–Kier alpha value is -2.55. The van der Waals surface area contributed by atoms with Crippen LogP contribution in [-0.2, 0) is 0 Å². The summed E-state index contributed by atoms with van der Waals surface area (Å²) in [6, 6.07) is 19.1. The fourth-order valence-corrected chi connectivity index (χ4v) is 3.14. The predicted octanol–water partition coefficient (Wildman–Crippen LogP) is 4.37. The van der Waals surface area contributed by atoms with Crippen LogP contribution in [0.25, 0.3) is 11.4 Å². The third-order valence-electron chi connectivity index (χ3n) is 4.52. The van der Waals surface area contributed by atoms with Gasteiger partial charge in [-0.2, -0.15) is 4.73 Å². The summed E-state index contributed by atoms with van der Waals surface area (Å²) in [7, 11) is 0. The molecule has 1 aromatic heterocycles. The Morgan fingerprint density at radius 1 is 0.955 bits per heavy atom. The van der Waals surface area contributed by atoms with Gasteiger partial charge in [-0.3, -0.25) is 0 Å². The van der Waals surface area contributed by atoms with E-state index in [1.807, 2.05) is 19.1 Å². The SMILES string of the molecule is Cc1cnc(-c2ccc(C3CC3c3ccccc3)cc2)n1O. The topological polar surface area (TPSA) is 38.0 Å². The molecule has 110 valence electrons. The molecule has 0 bridgehead atoms. The van der Waals surface area contributed by atoms with E-state index in [0.29, 0.717) is 17.7 Å². The average Bonchev–Trinajstić information content (AvgIpc) is 3.30. The first kappa shape index (κ1) is 13.1. The molecular formula is C19H18N2O. The van der Waals surface area contributed by atoms with E-state index in [4.69, 9.17) is 0 Å². The van der Waals surface area contributed by atoms with Gasteiger partial charge in [0, 0.05) is 5.56 Å². The quantitative estimate of drug-likeness (QED) is 0.727. The van der Waals surface area contributed by atoms with Crippen LogP contribution in [0.15, 0.2) is 60.8 Å². The highest BCUT2D eigenvalue weighted by atomic mass is 16.5. The van der Waals surface area contributed by atoms with Gasteiger partial charge in [-0.25, -0.2) is 4.98 Å². The van der Waals surface area contributed by atoms with E-state index in [0.717, 1.165) is 16.0 Å². The molecule has 1 N–H and O–H groups in total. The minimum atomic E-state index is 0.597. The summed E-state index contributed by atoms with van der Waals surface area (Å²) in [6.45, 7) is 1.83. The van der Waals surface area contributed by atoms with Crippen molar-refractivity contribution in [3.05, 3.63) is 77.6 Å². The molecule has 0 aliphatic heterocycles. The third kappa shape index (κ3) is 2.19. The van der Waals surface area contributed by atoms with E-state index in [-0.39, 0.29) is 0 Å². The monoisotopic (exact) mass is 290 g/mol. The second-order valence-corrected chi connectivity index (χ2v) is 6.02. The van der Waals surface area contributed by atoms with Crippen LogP contribution in [0.4, 0.5) is 0 Å². The number of hydrogen-bond acceptors (Lipinski definition) is 2. The fourth-order valence-electron chi connectivity index (χ4n) is 3.14. The van der Waals surface area contributed by atoms with Crippen molar-refractivity contribution in [1.82, 2.24) is 9.71 Å². The van der Waals surface area contributed by atoms with E-state index in [1.165, 1.54) is 17.5 Å². The Morgan fingerprint density at radius 2 is 1.59 bits per heavy atom. The van der Waals surface area contributed by atoms with Crippen molar-refractivity contribution in [1.29, 1.82) is 0 Å². The van der Waals surface area contributed by atoms with Crippen LogP contribution in [-0.4, -0.2) is 14.9 Å².